The van der Waals surface area contributed by atoms with Crippen molar-refractivity contribution in [3.8, 4) is 11.5 Å². The number of guanidine groups is 1. The van der Waals surface area contributed by atoms with E-state index in [0.29, 0.717) is 24.8 Å². The van der Waals surface area contributed by atoms with Crippen molar-refractivity contribution in [2.75, 3.05) is 13.7 Å². The van der Waals surface area contributed by atoms with E-state index in [4.69, 9.17) is 24.9 Å². The normalized spacial score (nSPS) is 17.2. The fourth-order valence-corrected chi connectivity index (χ4v) is 5.58. The molecule has 4 rings (SSSR count). The number of hydrogen-bond acceptors (Lipinski definition) is 8. The minimum absolute atomic E-state index is 0.0408. The third-order valence-corrected chi connectivity index (χ3v) is 7.67. The van der Waals surface area contributed by atoms with E-state index in [1.165, 1.54) is 26.4 Å². The molecule has 0 spiro atoms. The number of nitrogens with two attached hydrogens (primary N) is 1. The zero-order valence-electron chi connectivity index (χ0n) is 24.7. The molecule has 1 heterocycles. The molecule has 1 fully saturated rings. The number of methoxy groups -OCH3 is 1. The molecule has 0 aromatic heterocycles. The maximum absolute atomic E-state index is 13.1. The van der Waals surface area contributed by atoms with Crippen molar-refractivity contribution in [3.63, 3.8) is 0 Å². The Kier molecular flexibility index (Phi) is 10.3. The number of carbonyl (C=O) groups excluding carboxylic acids is 2. The molecule has 0 radical (unpaired) electrons. The molecule has 1 aliphatic heterocycles. The summed E-state index contributed by atoms with van der Waals surface area (Å²) in [6.45, 7) is 6.33. The standard InChI is InChI=1S/C32H44N4O5/c1-32(2,3)40-21-27(30(38)39-4)34-29(37)18-17-28(22-11-7-5-8-12-22)36-20-23-19-25(15-16-26(23)35-31(36)33)41-24-13-9-6-10-14-24/h6,9-10,13-16,19,22,27-28H,5,7-8,11-12,17-18,20-21H2,1-4H3,(H2,33,35)(H,34,37). The molecule has 2 atom stereocenters. The monoisotopic (exact) mass is 564 g/mol. The Balaban J connectivity index is 1.47. The molecule has 1 amide bonds. The van der Waals surface area contributed by atoms with Gasteiger partial charge in [0.05, 0.1) is 25.0 Å². The molecule has 2 aromatic carbocycles. The van der Waals surface area contributed by atoms with Crippen LogP contribution in [0.3, 0.4) is 0 Å². The second-order valence-corrected chi connectivity index (χ2v) is 11.9. The predicted molar refractivity (Wildman–Crippen MR) is 159 cm³/mol. The van der Waals surface area contributed by atoms with Crippen LogP contribution in [0.1, 0.15) is 71.3 Å². The first-order valence-corrected chi connectivity index (χ1v) is 14.6. The van der Waals surface area contributed by atoms with E-state index >= 15 is 0 Å². The topological polar surface area (TPSA) is 115 Å². The van der Waals surface area contributed by atoms with Crippen LogP contribution in [0.25, 0.3) is 0 Å². The summed E-state index contributed by atoms with van der Waals surface area (Å²) in [5.74, 6) is 1.64. The van der Waals surface area contributed by atoms with Crippen LogP contribution in [-0.2, 0) is 25.6 Å². The van der Waals surface area contributed by atoms with Gasteiger partial charge in [-0.25, -0.2) is 9.79 Å². The summed E-state index contributed by atoms with van der Waals surface area (Å²) in [6.07, 6.45) is 6.57. The Morgan fingerprint density at radius 3 is 2.49 bits per heavy atom. The number of carbonyl (C=O) groups is 2. The lowest BCUT2D eigenvalue weighted by atomic mass is 9.81. The maximum Gasteiger partial charge on any atom is 0.330 e. The van der Waals surface area contributed by atoms with Crippen LogP contribution in [-0.4, -0.2) is 54.1 Å². The van der Waals surface area contributed by atoms with Crippen LogP contribution in [0.5, 0.6) is 11.5 Å². The van der Waals surface area contributed by atoms with Crippen LogP contribution < -0.4 is 15.8 Å². The van der Waals surface area contributed by atoms with Gasteiger partial charge in [-0.15, -0.1) is 0 Å². The first-order valence-electron chi connectivity index (χ1n) is 14.6. The van der Waals surface area contributed by atoms with E-state index < -0.39 is 17.6 Å². The van der Waals surface area contributed by atoms with Crippen molar-refractivity contribution < 1.29 is 23.8 Å². The number of amides is 1. The molecule has 3 N–H and O–H groups in total. The zero-order chi connectivity index (χ0) is 29.4. The summed E-state index contributed by atoms with van der Waals surface area (Å²) in [4.78, 5) is 32.3. The third kappa shape index (κ3) is 8.70. The molecule has 2 aliphatic rings. The molecular weight excluding hydrogens is 520 g/mol. The molecule has 2 aromatic rings. The molecule has 41 heavy (non-hydrogen) atoms. The van der Waals surface area contributed by atoms with Crippen LogP contribution in [0.4, 0.5) is 5.69 Å². The number of fused-ring (bicyclic) bond motifs is 1. The first-order chi connectivity index (χ1) is 19.6. The molecule has 9 nitrogen and oxygen atoms in total. The minimum atomic E-state index is -0.864. The predicted octanol–water partition coefficient (Wildman–Crippen LogP) is 5.44. The molecule has 0 saturated heterocycles. The molecular formula is C32H44N4O5. The fraction of sp³-hybridized carbons (Fsp3) is 0.531. The van der Waals surface area contributed by atoms with E-state index in [1.54, 1.807) is 0 Å². The van der Waals surface area contributed by atoms with Crippen molar-refractivity contribution in [1.82, 2.24) is 10.2 Å². The largest absolute Gasteiger partial charge is 0.467 e. The molecule has 0 bridgehead atoms. The highest BCUT2D eigenvalue weighted by atomic mass is 16.5. The van der Waals surface area contributed by atoms with E-state index in [-0.39, 0.29) is 25.0 Å². The molecule has 1 saturated carbocycles. The summed E-state index contributed by atoms with van der Waals surface area (Å²) >= 11 is 0. The van der Waals surface area contributed by atoms with Crippen LogP contribution in [0, 0.1) is 5.92 Å². The summed E-state index contributed by atoms with van der Waals surface area (Å²) in [5.41, 5.74) is 7.97. The minimum Gasteiger partial charge on any atom is -0.467 e. The fourth-order valence-electron chi connectivity index (χ4n) is 5.58. The molecule has 1 aliphatic carbocycles. The summed E-state index contributed by atoms with van der Waals surface area (Å²) in [6, 6.07) is 14.7. The summed E-state index contributed by atoms with van der Waals surface area (Å²) in [7, 11) is 1.31. The van der Waals surface area contributed by atoms with Crippen molar-refractivity contribution >= 4 is 23.5 Å². The quantitative estimate of drug-likeness (QED) is 0.349. The lowest BCUT2D eigenvalue weighted by molar-refractivity contribution is -0.148. The second-order valence-electron chi connectivity index (χ2n) is 11.9. The zero-order valence-corrected chi connectivity index (χ0v) is 24.7. The van der Waals surface area contributed by atoms with Crippen LogP contribution in [0.2, 0.25) is 0 Å². The van der Waals surface area contributed by atoms with E-state index in [1.807, 2.05) is 69.3 Å². The SMILES string of the molecule is COC(=O)C(COC(C)(C)C)NC(=O)CCC(C1CCCCC1)N1Cc2cc(Oc3ccccc3)ccc2N=C1N. The molecule has 9 heteroatoms. The number of para-hydroxylation sites is 1. The Morgan fingerprint density at radius 1 is 1.07 bits per heavy atom. The van der Waals surface area contributed by atoms with Crippen molar-refractivity contribution in [2.45, 2.75) is 89.9 Å². The number of benzene rings is 2. The summed E-state index contributed by atoms with van der Waals surface area (Å²) in [5, 5.41) is 2.82. The number of aliphatic imine (C=N–C) groups is 1. The summed E-state index contributed by atoms with van der Waals surface area (Å²) < 4.78 is 16.7. The van der Waals surface area contributed by atoms with E-state index in [9.17, 15) is 9.59 Å². The van der Waals surface area contributed by atoms with Crippen molar-refractivity contribution in [1.29, 1.82) is 0 Å². The average molecular weight is 565 g/mol. The maximum atomic E-state index is 13.1. The smallest absolute Gasteiger partial charge is 0.330 e. The van der Waals surface area contributed by atoms with Crippen molar-refractivity contribution in [2.24, 2.45) is 16.6 Å². The molecule has 222 valence electrons. The van der Waals surface area contributed by atoms with Gasteiger partial charge in [0.2, 0.25) is 5.91 Å². The lowest BCUT2D eigenvalue weighted by Gasteiger charge is -2.41. The number of nitrogens with one attached hydrogen (secondary N) is 1. The second kappa shape index (κ2) is 13.9. The van der Waals surface area contributed by atoms with Gasteiger partial charge in [-0.05, 0) is 76.3 Å². The number of ether oxygens (including phenoxy) is 3. The van der Waals surface area contributed by atoms with Gasteiger partial charge < -0.3 is 30.2 Å². The Bertz CT molecular complexity index is 1200. The number of rotatable bonds is 11. The molecule has 2 unspecified atom stereocenters. The third-order valence-electron chi connectivity index (χ3n) is 7.67. The van der Waals surface area contributed by atoms with Gasteiger partial charge in [0.15, 0.2) is 12.0 Å². The van der Waals surface area contributed by atoms with Gasteiger partial charge in [-0.1, -0.05) is 37.5 Å². The average Bonchev–Trinajstić information content (AvgIpc) is 2.96. The van der Waals surface area contributed by atoms with E-state index in [0.717, 1.165) is 35.6 Å². The Labute approximate surface area is 243 Å². The van der Waals surface area contributed by atoms with Gasteiger partial charge in [0.25, 0.3) is 0 Å². The number of hydrogen-bond donors (Lipinski definition) is 2. The highest BCUT2D eigenvalue weighted by Crippen LogP contribution is 2.36. The highest BCUT2D eigenvalue weighted by Gasteiger charge is 2.33. The van der Waals surface area contributed by atoms with Gasteiger partial charge in [-0.2, -0.15) is 0 Å². The Hall–Kier alpha value is -3.59. The first kappa shape index (κ1) is 30.4. The lowest BCUT2D eigenvalue weighted by Crippen LogP contribution is -2.50. The van der Waals surface area contributed by atoms with Gasteiger partial charge in [0.1, 0.15) is 11.5 Å². The van der Waals surface area contributed by atoms with Crippen molar-refractivity contribution in [3.05, 3.63) is 54.1 Å². The highest BCUT2D eigenvalue weighted by molar-refractivity contribution is 5.85. The van der Waals surface area contributed by atoms with Gasteiger partial charge in [0, 0.05) is 24.6 Å². The van der Waals surface area contributed by atoms with Gasteiger partial charge in [-0.3, -0.25) is 4.79 Å². The number of nitrogens with zero attached hydrogens (tertiary/aromatic N) is 2. The number of esters is 1. The van der Waals surface area contributed by atoms with Crippen LogP contribution in [0.15, 0.2) is 53.5 Å². The Morgan fingerprint density at radius 2 is 1.80 bits per heavy atom. The van der Waals surface area contributed by atoms with Gasteiger partial charge >= 0.3 is 5.97 Å². The van der Waals surface area contributed by atoms with E-state index in [2.05, 4.69) is 10.2 Å². The van der Waals surface area contributed by atoms with Crippen LogP contribution >= 0.6 is 0 Å².